The molecule has 1 aliphatic rings. The number of hydrogen-bond acceptors (Lipinski definition) is 2. The van der Waals surface area contributed by atoms with Crippen LogP contribution in [0.1, 0.15) is 17.5 Å². The molecule has 0 N–H and O–H groups in total. The Labute approximate surface area is 101 Å². The van der Waals surface area contributed by atoms with Gasteiger partial charge in [-0.3, -0.25) is 0 Å². The number of benzene rings is 1. The number of aliphatic imine (C=N–C) groups is 1. The third kappa shape index (κ3) is 2.80. The zero-order valence-corrected chi connectivity index (χ0v) is 9.30. The summed E-state index contributed by atoms with van der Waals surface area (Å²) in [6.45, 7) is 0.348. The molecule has 0 fully saturated rings. The molecule has 0 amide bonds. The molecular formula is C12H10F4NO. The summed E-state index contributed by atoms with van der Waals surface area (Å²) < 4.78 is 55.9. The molecule has 2 nitrogen and oxygen atoms in total. The van der Waals surface area contributed by atoms with Gasteiger partial charge >= 0.3 is 6.18 Å². The Bertz CT molecular complexity index is 456. The van der Waals surface area contributed by atoms with Crippen LogP contribution in [0.15, 0.2) is 23.2 Å². The average molecular weight is 260 g/mol. The van der Waals surface area contributed by atoms with E-state index in [1.165, 1.54) is 12.1 Å². The van der Waals surface area contributed by atoms with E-state index >= 15 is 0 Å². The molecule has 0 aromatic heterocycles. The standard InChI is InChI=1S/C12H10F4NO/c13-11-8(4-5-9-6-18-7-17-9)2-1-3-10(11)12(14,15)16/h1-3,9H,4-6H2. The monoisotopic (exact) mass is 260 g/mol. The summed E-state index contributed by atoms with van der Waals surface area (Å²) in [7, 11) is 0. The molecule has 0 spiro atoms. The largest absolute Gasteiger partial charge is 0.472 e. The minimum atomic E-state index is -4.66. The van der Waals surface area contributed by atoms with Crippen molar-refractivity contribution in [2.75, 3.05) is 6.61 Å². The predicted octanol–water partition coefficient (Wildman–Crippen LogP) is 3.08. The van der Waals surface area contributed by atoms with Crippen LogP contribution in [0.25, 0.3) is 0 Å². The Morgan fingerprint density at radius 2 is 2.17 bits per heavy atom. The summed E-state index contributed by atoms with van der Waals surface area (Å²) in [5, 5.41) is 0. The number of aryl methyl sites for hydroxylation is 1. The lowest BCUT2D eigenvalue weighted by molar-refractivity contribution is -0.140. The van der Waals surface area contributed by atoms with E-state index in [9.17, 15) is 17.6 Å². The van der Waals surface area contributed by atoms with E-state index < -0.39 is 17.6 Å². The van der Waals surface area contributed by atoms with E-state index in [1.807, 2.05) is 0 Å². The van der Waals surface area contributed by atoms with Crippen molar-refractivity contribution in [2.45, 2.75) is 25.1 Å². The molecule has 6 heteroatoms. The van der Waals surface area contributed by atoms with Gasteiger partial charge < -0.3 is 4.74 Å². The van der Waals surface area contributed by atoms with Crippen LogP contribution in [0.3, 0.4) is 0 Å². The van der Waals surface area contributed by atoms with Gasteiger partial charge in [-0.25, -0.2) is 9.38 Å². The van der Waals surface area contributed by atoms with Crippen LogP contribution in [0, 0.1) is 5.82 Å². The minimum absolute atomic E-state index is 0.0481. The van der Waals surface area contributed by atoms with Gasteiger partial charge in [-0.2, -0.15) is 13.2 Å². The van der Waals surface area contributed by atoms with Crippen LogP contribution >= 0.6 is 0 Å². The first kappa shape index (κ1) is 12.9. The Morgan fingerprint density at radius 3 is 2.78 bits per heavy atom. The number of alkyl halides is 3. The smallest absolute Gasteiger partial charge is 0.419 e. The van der Waals surface area contributed by atoms with E-state index in [4.69, 9.17) is 4.74 Å². The summed E-state index contributed by atoms with van der Waals surface area (Å²) in [5.74, 6) is -1.20. The summed E-state index contributed by atoms with van der Waals surface area (Å²) >= 11 is 0. The van der Waals surface area contributed by atoms with Gasteiger partial charge in [0.25, 0.3) is 6.40 Å². The molecular weight excluding hydrogens is 250 g/mol. The molecule has 1 radical (unpaired) electrons. The first-order valence-electron chi connectivity index (χ1n) is 5.39. The SMILES string of the molecule is Fc1c(CCC2CO[C]=N2)cccc1C(F)(F)F. The van der Waals surface area contributed by atoms with Crippen LogP contribution in [0.5, 0.6) is 0 Å². The number of halogens is 4. The van der Waals surface area contributed by atoms with Crippen molar-refractivity contribution in [3.8, 4) is 0 Å². The Balaban J connectivity index is 2.11. The highest BCUT2D eigenvalue weighted by molar-refractivity contribution is 5.48. The van der Waals surface area contributed by atoms with E-state index in [-0.39, 0.29) is 18.0 Å². The van der Waals surface area contributed by atoms with Crippen LogP contribution in [0.4, 0.5) is 17.6 Å². The first-order valence-corrected chi connectivity index (χ1v) is 5.39. The maximum Gasteiger partial charge on any atom is 0.419 e. The lowest BCUT2D eigenvalue weighted by Gasteiger charge is -2.11. The molecule has 0 saturated heterocycles. The maximum absolute atomic E-state index is 13.6. The molecule has 0 saturated carbocycles. The van der Waals surface area contributed by atoms with E-state index in [2.05, 4.69) is 11.4 Å². The van der Waals surface area contributed by atoms with Gasteiger partial charge in [-0.15, -0.1) is 0 Å². The highest BCUT2D eigenvalue weighted by atomic mass is 19.4. The molecule has 1 atom stereocenters. The molecule has 0 aliphatic carbocycles. The molecule has 1 unspecified atom stereocenters. The third-order valence-electron chi connectivity index (χ3n) is 2.71. The second kappa shape index (κ2) is 4.96. The molecule has 1 aliphatic heterocycles. The van der Waals surface area contributed by atoms with Crippen molar-refractivity contribution in [3.05, 3.63) is 35.1 Å². The zero-order valence-electron chi connectivity index (χ0n) is 9.30. The number of nitrogens with zero attached hydrogens (tertiary/aromatic N) is 1. The molecule has 1 aromatic carbocycles. The summed E-state index contributed by atoms with van der Waals surface area (Å²) in [6.07, 6.45) is -1.73. The fourth-order valence-corrected chi connectivity index (χ4v) is 1.74. The number of rotatable bonds is 3. The Morgan fingerprint density at radius 1 is 1.39 bits per heavy atom. The van der Waals surface area contributed by atoms with Crippen LogP contribution in [-0.2, 0) is 17.3 Å². The Hall–Kier alpha value is -1.59. The van der Waals surface area contributed by atoms with Gasteiger partial charge in [-0.05, 0) is 24.5 Å². The van der Waals surface area contributed by atoms with Crippen LogP contribution in [0.2, 0.25) is 0 Å². The highest BCUT2D eigenvalue weighted by Gasteiger charge is 2.34. The van der Waals surface area contributed by atoms with Crippen molar-refractivity contribution in [1.29, 1.82) is 0 Å². The van der Waals surface area contributed by atoms with Crippen molar-refractivity contribution in [1.82, 2.24) is 0 Å². The van der Waals surface area contributed by atoms with Crippen molar-refractivity contribution in [3.63, 3.8) is 0 Å². The molecule has 97 valence electrons. The van der Waals surface area contributed by atoms with Gasteiger partial charge in [0.1, 0.15) is 12.4 Å². The van der Waals surface area contributed by atoms with Gasteiger partial charge in [-0.1, -0.05) is 12.1 Å². The fourth-order valence-electron chi connectivity index (χ4n) is 1.74. The first-order chi connectivity index (χ1) is 8.48. The van der Waals surface area contributed by atoms with Crippen molar-refractivity contribution in [2.24, 2.45) is 4.99 Å². The number of hydrogen-bond donors (Lipinski definition) is 0. The van der Waals surface area contributed by atoms with Crippen LogP contribution in [-0.4, -0.2) is 19.0 Å². The van der Waals surface area contributed by atoms with Crippen molar-refractivity contribution < 1.29 is 22.3 Å². The molecule has 1 aromatic rings. The fraction of sp³-hybridized carbons (Fsp3) is 0.417. The highest BCUT2D eigenvalue weighted by Crippen LogP contribution is 2.32. The van der Waals surface area contributed by atoms with E-state index in [0.29, 0.717) is 13.0 Å². The maximum atomic E-state index is 13.6. The van der Waals surface area contributed by atoms with E-state index in [1.54, 1.807) is 0 Å². The van der Waals surface area contributed by atoms with Gasteiger partial charge in [0.2, 0.25) is 0 Å². The molecule has 0 bridgehead atoms. The van der Waals surface area contributed by atoms with Gasteiger partial charge in [0, 0.05) is 0 Å². The number of ether oxygens (including phenoxy) is 1. The normalized spacial score (nSPS) is 19.0. The Kier molecular flexibility index (Phi) is 3.54. The van der Waals surface area contributed by atoms with E-state index in [0.717, 1.165) is 6.07 Å². The third-order valence-corrected chi connectivity index (χ3v) is 2.71. The molecule has 18 heavy (non-hydrogen) atoms. The summed E-state index contributed by atoms with van der Waals surface area (Å²) in [6, 6.07) is 3.15. The quantitative estimate of drug-likeness (QED) is 0.765. The van der Waals surface area contributed by atoms with Crippen LogP contribution < -0.4 is 0 Å². The minimum Gasteiger partial charge on any atom is -0.472 e. The average Bonchev–Trinajstić information content (AvgIpc) is 2.79. The summed E-state index contributed by atoms with van der Waals surface area (Å²) in [4.78, 5) is 3.83. The van der Waals surface area contributed by atoms with Crippen molar-refractivity contribution >= 4 is 6.40 Å². The lowest BCUT2D eigenvalue weighted by Crippen LogP contribution is -2.12. The molecule has 2 rings (SSSR count). The zero-order chi connectivity index (χ0) is 13.2. The predicted molar refractivity (Wildman–Crippen MR) is 56.9 cm³/mol. The second-order valence-electron chi connectivity index (χ2n) is 4.00. The summed E-state index contributed by atoms with van der Waals surface area (Å²) in [5.41, 5.74) is -1.18. The molecule has 1 heterocycles. The second-order valence-corrected chi connectivity index (χ2v) is 4.00. The topological polar surface area (TPSA) is 21.6 Å². The van der Waals surface area contributed by atoms with Gasteiger partial charge in [0.15, 0.2) is 0 Å². The lowest BCUT2D eigenvalue weighted by atomic mass is 10.0. The van der Waals surface area contributed by atoms with Gasteiger partial charge in [0.05, 0.1) is 11.6 Å².